The monoisotopic (exact) mass is 459 g/mol. The summed E-state index contributed by atoms with van der Waals surface area (Å²) in [7, 11) is 0. The Bertz CT molecular complexity index is 1520. The molecule has 0 spiro atoms. The van der Waals surface area contributed by atoms with E-state index in [-0.39, 0.29) is 11.6 Å². The number of piperazine rings is 1. The summed E-state index contributed by atoms with van der Waals surface area (Å²) >= 11 is 0. The highest BCUT2D eigenvalue weighted by Crippen LogP contribution is 2.24. The standard InChI is InChI=1S/C23H25N9O2/c1-14-19(31-10-8-30(9-11-31)18-4-2-3-7-24-18)28-21-15(12-17-22(33)29-23(34)27-17)13-25-32(21)20(14)26-16-5-6-16/h2-4,7,12-13,16,33H,5-6,8-11H2,1H3,(H2,27,29,34)/b15-12+,26-20?. The minimum atomic E-state index is -0.472. The van der Waals surface area contributed by atoms with Gasteiger partial charge in [0.25, 0.3) is 0 Å². The molecule has 0 radical (unpaired) electrons. The lowest BCUT2D eigenvalue weighted by atomic mass is 10.2. The summed E-state index contributed by atoms with van der Waals surface area (Å²) in [5.74, 6) is 1.65. The molecule has 0 aromatic carbocycles. The third-order valence-electron chi connectivity index (χ3n) is 6.29. The van der Waals surface area contributed by atoms with Crippen LogP contribution in [0.5, 0.6) is 5.88 Å². The number of aromatic amines is 2. The highest BCUT2D eigenvalue weighted by atomic mass is 16.3. The summed E-state index contributed by atoms with van der Waals surface area (Å²) < 4.78 is 1.76. The largest absolute Gasteiger partial charge is 0.493 e. The van der Waals surface area contributed by atoms with Crippen molar-refractivity contribution in [1.82, 2.24) is 29.5 Å². The maximum atomic E-state index is 11.6. The van der Waals surface area contributed by atoms with Crippen molar-refractivity contribution in [2.45, 2.75) is 25.8 Å². The SMILES string of the molecule is Cc1c(N2CCN(c3ccccn3)CC2)nc2/c(=C/c3[nH]c(=O)[nH]c3O)cnn2c1=NC1CC1. The van der Waals surface area contributed by atoms with E-state index in [0.29, 0.717) is 16.9 Å². The molecule has 0 unspecified atom stereocenters. The van der Waals surface area contributed by atoms with Gasteiger partial charge in [0.1, 0.15) is 17.3 Å². The van der Waals surface area contributed by atoms with Crippen molar-refractivity contribution < 1.29 is 5.11 Å². The molecule has 4 aromatic heterocycles. The molecule has 0 atom stereocenters. The van der Waals surface area contributed by atoms with Crippen LogP contribution in [-0.2, 0) is 0 Å². The van der Waals surface area contributed by atoms with Crippen LogP contribution in [0.25, 0.3) is 11.7 Å². The maximum absolute atomic E-state index is 11.6. The number of hydrogen-bond donors (Lipinski definition) is 3. The molecule has 1 saturated carbocycles. The second-order valence-electron chi connectivity index (χ2n) is 8.73. The van der Waals surface area contributed by atoms with E-state index in [1.807, 2.05) is 24.4 Å². The summed E-state index contributed by atoms with van der Waals surface area (Å²) in [6.45, 7) is 5.35. The quantitative estimate of drug-likeness (QED) is 0.394. The van der Waals surface area contributed by atoms with Crippen LogP contribution in [0.15, 0.2) is 40.4 Å². The van der Waals surface area contributed by atoms with Crippen molar-refractivity contribution >= 4 is 23.4 Å². The number of aromatic nitrogens is 6. The first-order valence-corrected chi connectivity index (χ1v) is 11.4. The van der Waals surface area contributed by atoms with Crippen molar-refractivity contribution in [2.24, 2.45) is 4.99 Å². The Kier molecular flexibility index (Phi) is 4.82. The van der Waals surface area contributed by atoms with Crippen LogP contribution >= 0.6 is 0 Å². The summed E-state index contributed by atoms with van der Waals surface area (Å²) in [4.78, 5) is 35.5. The molecule has 5 heterocycles. The van der Waals surface area contributed by atoms with Gasteiger partial charge in [-0.1, -0.05) is 6.07 Å². The summed E-state index contributed by atoms with van der Waals surface area (Å²) in [6.07, 6.45) is 7.34. The number of fused-ring (bicyclic) bond motifs is 1. The van der Waals surface area contributed by atoms with Gasteiger partial charge in [0, 0.05) is 43.2 Å². The molecule has 1 aliphatic carbocycles. The zero-order valence-electron chi connectivity index (χ0n) is 18.8. The van der Waals surface area contributed by atoms with Crippen LogP contribution in [0.1, 0.15) is 24.1 Å². The number of nitrogens with zero attached hydrogens (tertiary/aromatic N) is 7. The van der Waals surface area contributed by atoms with E-state index in [4.69, 9.17) is 9.98 Å². The van der Waals surface area contributed by atoms with Gasteiger partial charge in [-0.15, -0.1) is 0 Å². The van der Waals surface area contributed by atoms with Gasteiger partial charge in [-0.3, -0.25) is 9.98 Å². The minimum Gasteiger partial charge on any atom is -0.493 e. The predicted octanol–water partition coefficient (Wildman–Crippen LogP) is 0.0921. The van der Waals surface area contributed by atoms with Gasteiger partial charge in [0.05, 0.1) is 12.2 Å². The van der Waals surface area contributed by atoms with E-state index in [0.717, 1.165) is 61.7 Å². The first kappa shape index (κ1) is 20.5. The van der Waals surface area contributed by atoms with Crippen molar-refractivity contribution in [3.63, 3.8) is 0 Å². The van der Waals surface area contributed by atoms with Crippen LogP contribution < -0.4 is 26.2 Å². The number of hydrogen-bond acceptors (Lipinski definition) is 8. The molecule has 6 rings (SSSR count). The van der Waals surface area contributed by atoms with E-state index in [1.54, 1.807) is 16.8 Å². The lowest BCUT2D eigenvalue weighted by Gasteiger charge is -2.36. The lowest BCUT2D eigenvalue weighted by Crippen LogP contribution is -2.48. The van der Waals surface area contributed by atoms with Crippen molar-refractivity contribution in [1.29, 1.82) is 0 Å². The van der Waals surface area contributed by atoms with Gasteiger partial charge in [-0.25, -0.2) is 14.8 Å². The molecule has 34 heavy (non-hydrogen) atoms. The van der Waals surface area contributed by atoms with Gasteiger partial charge in [-0.2, -0.15) is 9.61 Å². The third-order valence-corrected chi connectivity index (χ3v) is 6.29. The molecule has 1 saturated heterocycles. The van der Waals surface area contributed by atoms with E-state index in [1.165, 1.54) is 0 Å². The van der Waals surface area contributed by atoms with Crippen molar-refractivity contribution in [2.75, 3.05) is 36.0 Å². The maximum Gasteiger partial charge on any atom is 0.326 e. The normalized spacial score (nSPS) is 17.8. The van der Waals surface area contributed by atoms with E-state index in [2.05, 4.69) is 36.8 Å². The Labute approximate surface area is 194 Å². The third kappa shape index (κ3) is 3.68. The fraction of sp³-hybridized carbons (Fsp3) is 0.348. The van der Waals surface area contributed by atoms with E-state index >= 15 is 0 Å². The fourth-order valence-corrected chi connectivity index (χ4v) is 4.34. The number of imidazole rings is 1. The number of rotatable bonds is 4. The Morgan fingerprint density at radius 1 is 1.15 bits per heavy atom. The van der Waals surface area contributed by atoms with Gasteiger partial charge in [-0.05, 0) is 38.0 Å². The molecule has 3 N–H and O–H groups in total. The van der Waals surface area contributed by atoms with Crippen molar-refractivity contribution in [3.8, 4) is 5.88 Å². The lowest BCUT2D eigenvalue weighted by molar-refractivity contribution is 0.454. The molecule has 11 heteroatoms. The zero-order chi connectivity index (χ0) is 23.2. The Morgan fingerprint density at radius 3 is 2.62 bits per heavy atom. The number of aromatic hydroxyl groups is 1. The Hall–Kier alpha value is -4.15. The van der Waals surface area contributed by atoms with Crippen LogP contribution in [0.2, 0.25) is 0 Å². The number of anilines is 2. The molecule has 4 aromatic rings. The molecular formula is C23H25N9O2. The smallest absolute Gasteiger partial charge is 0.326 e. The average Bonchev–Trinajstić information content (AvgIpc) is 3.50. The predicted molar refractivity (Wildman–Crippen MR) is 127 cm³/mol. The molecular weight excluding hydrogens is 434 g/mol. The fourth-order valence-electron chi connectivity index (χ4n) is 4.34. The molecule has 0 bridgehead atoms. The molecule has 2 aliphatic rings. The number of nitrogens with one attached hydrogen (secondary N) is 2. The van der Waals surface area contributed by atoms with E-state index < -0.39 is 5.69 Å². The van der Waals surface area contributed by atoms with Crippen LogP contribution in [-0.4, -0.2) is 66.9 Å². The number of pyridine rings is 1. The average molecular weight is 460 g/mol. The van der Waals surface area contributed by atoms with Crippen molar-refractivity contribution in [3.05, 3.63) is 63.0 Å². The first-order chi connectivity index (χ1) is 16.6. The highest BCUT2D eigenvalue weighted by molar-refractivity contribution is 5.60. The first-order valence-electron chi connectivity index (χ1n) is 11.4. The van der Waals surface area contributed by atoms with Gasteiger partial charge in [0.15, 0.2) is 11.1 Å². The van der Waals surface area contributed by atoms with Crippen LogP contribution in [0.4, 0.5) is 11.6 Å². The molecule has 1 aliphatic heterocycles. The number of H-pyrrole nitrogens is 2. The molecule has 2 fully saturated rings. The minimum absolute atomic E-state index is 0.217. The Morgan fingerprint density at radius 2 is 1.94 bits per heavy atom. The molecule has 174 valence electrons. The summed E-state index contributed by atoms with van der Waals surface area (Å²) in [5.41, 5.74) is 2.25. The molecule has 0 amide bonds. The summed E-state index contributed by atoms with van der Waals surface area (Å²) in [5, 5.41) is 15.2. The van der Waals surface area contributed by atoms with E-state index in [9.17, 15) is 9.90 Å². The topological polar surface area (TPSA) is 131 Å². The van der Waals surface area contributed by atoms with Gasteiger partial charge < -0.3 is 19.9 Å². The molecule has 11 nitrogen and oxygen atoms in total. The van der Waals surface area contributed by atoms with Gasteiger partial charge >= 0.3 is 5.69 Å². The van der Waals surface area contributed by atoms with Crippen LogP contribution in [0.3, 0.4) is 0 Å². The second kappa shape index (κ2) is 8.01. The summed E-state index contributed by atoms with van der Waals surface area (Å²) in [6, 6.07) is 6.29. The highest BCUT2D eigenvalue weighted by Gasteiger charge is 2.24. The van der Waals surface area contributed by atoms with Gasteiger partial charge in [0.2, 0.25) is 5.88 Å². The second-order valence-corrected chi connectivity index (χ2v) is 8.73. The van der Waals surface area contributed by atoms with Crippen LogP contribution in [0, 0.1) is 6.92 Å². The zero-order valence-corrected chi connectivity index (χ0v) is 18.8. The Balaban J connectivity index is 1.43.